The van der Waals surface area contributed by atoms with Gasteiger partial charge in [0, 0.05) is 13.1 Å². The van der Waals surface area contributed by atoms with E-state index in [2.05, 4.69) is 22.5 Å². The number of carbonyl (C=O) groups excluding carboxylic acids is 2. The monoisotopic (exact) mass is 663 g/mol. The summed E-state index contributed by atoms with van der Waals surface area (Å²) in [5.41, 5.74) is 5.61. The number of para-hydroxylation sites is 2. The molecule has 1 saturated heterocycles. The highest BCUT2D eigenvalue weighted by molar-refractivity contribution is 6.09. The molecule has 246 valence electrons. The second kappa shape index (κ2) is 14.5. The molecular formula is C37H37ClF3N3O3. The lowest BCUT2D eigenvalue weighted by Crippen LogP contribution is -2.37. The normalized spacial score (nSPS) is 15.0. The summed E-state index contributed by atoms with van der Waals surface area (Å²) in [5, 5.41) is 5.34. The Labute approximate surface area is 278 Å². The van der Waals surface area contributed by atoms with Crippen LogP contribution in [0.4, 0.5) is 24.5 Å². The minimum absolute atomic E-state index is 0. The molecule has 0 saturated carbocycles. The molecule has 47 heavy (non-hydrogen) atoms. The minimum Gasteiger partial charge on any atom is -0.457 e. The lowest BCUT2D eigenvalue weighted by molar-refractivity contribution is -0.138. The number of nitrogens with one attached hydrogen (secondary N) is 2. The predicted octanol–water partition coefficient (Wildman–Crippen LogP) is 8.89. The Kier molecular flexibility index (Phi) is 10.4. The van der Waals surface area contributed by atoms with Gasteiger partial charge in [0.15, 0.2) is 0 Å². The first-order valence-corrected chi connectivity index (χ1v) is 15.8. The van der Waals surface area contributed by atoms with Crippen LogP contribution in [0.1, 0.15) is 65.6 Å². The lowest BCUT2D eigenvalue weighted by Gasteiger charge is -2.29. The van der Waals surface area contributed by atoms with Crippen LogP contribution < -0.4 is 20.3 Å². The van der Waals surface area contributed by atoms with Crippen molar-refractivity contribution in [1.29, 1.82) is 0 Å². The van der Waals surface area contributed by atoms with Gasteiger partial charge in [-0.05, 0) is 83.8 Å². The molecule has 1 fully saturated rings. The summed E-state index contributed by atoms with van der Waals surface area (Å²) in [6.07, 6.45) is -0.281. The van der Waals surface area contributed by atoms with Crippen molar-refractivity contribution in [2.75, 3.05) is 29.9 Å². The van der Waals surface area contributed by atoms with E-state index >= 15 is 0 Å². The van der Waals surface area contributed by atoms with Gasteiger partial charge in [0.05, 0.1) is 22.9 Å². The van der Waals surface area contributed by atoms with Crippen molar-refractivity contribution >= 4 is 35.6 Å². The summed E-state index contributed by atoms with van der Waals surface area (Å²) < 4.78 is 45.7. The number of amides is 2. The largest absolute Gasteiger partial charge is 0.457 e. The molecule has 6 rings (SSSR count). The number of alkyl halides is 3. The Balaban J connectivity index is 0.00000433. The number of nitrogens with zero attached hydrogens (tertiary/aromatic N) is 1. The molecule has 2 aliphatic rings. The average molecular weight is 664 g/mol. The molecule has 0 bridgehead atoms. The number of hydrogen-bond acceptors (Lipinski definition) is 4. The Bertz CT molecular complexity index is 1740. The van der Waals surface area contributed by atoms with Crippen LogP contribution in [0.25, 0.3) is 11.1 Å². The van der Waals surface area contributed by atoms with Crippen molar-refractivity contribution in [1.82, 2.24) is 5.32 Å². The molecule has 2 N–H and O–H groups in total. The number of unbranched alkanes of at least 4 members (excludes halogenated alkanes) is 1. The van der Waals surface area contributed by atoms with E-state index in [0.717, 1.165) is 66.7 Å². The van der Waals surface area contributed by atoms with Gasteiger partial charge in [0.1, 0.15) is 18.0 Å². The van der Waals surface area contributed by atoms with Crippen LogP contribution in [0.5, 0.6) is 11.5 Å². The Morgan fingerprint density at radius 1 is 0.915 bits per heavy atom. The lowest BCUT2D eigenvalue weighted by atomic mass is 9.87. The number of fused-ring (bicyclic) bond motifs is 3. The summed E-state index contributed by atoms with van der Waals surface area (Å²) >= 11 is 0. The van der Waals surface area contributed by atoms with Crippen LogP contribution in [0, 0.1) is 0 Å². The molecule has 1 atom stereocenters. The standard InChI is InChI=1S/C37H36F3N3O3.ClH/c1-2-3-15-28-32-29(25-16-7-8-17-26(25)33(32)36(45)41-23-37(38,39)40)22-30(34(28)43-20-11-12-21-43)42-35(44)27-18-9-10-19-31(27)46-24-13-5-4-6-14-24;/h4-10,13-14,16-19,22,33H,2-3,11-12,15,20-21,23H2,1H3,(H,41,45)(H,42,44);1H. The van der Waals surface area contributed by atoms with Gasteiger partial charge in [-0.2, -0.15) is 13.2 Å². The number of halogens is 4. The van der Waals surface area contributed by atoms with Crippen molar-refractivity contribution in [3.8, 4) is 22.6 Å². The zero-order valence-corrected chi connectivity index (χ0v) is 26.8. The van der Waals surface area contributed by atoms with Crippen LogP contribution >= 0.6 is 12.4 Å². The minimum atomic E-state index is -4.53. The summed E-state index contributed by atoms with van der Waals surface area (Å²) in [6, 6.07) is 25.5. The van der Waals surface area contributed by atoms with Crippen molar-refractivity contribution in [3.05, 3.63) is 107 Å². The average Bonchev–Trinajstić information content (AvgIpc) is 3.69. The maximum absolute atomic E-state index is 14.0. The summed E-state index contributed by atoms with van der Waals surface area (Å²) in [4.78, 5) is 29.9. The summed E-state index contributed by atoms with van der Waals surface area (Å²) in [6.45, 7) is 2.22. The molecule has 10 heteroatoms. The Hall–Kier alpha value is -4.50. The number of carbonyl (C=O) groups is 2. The van der Waals surface area contributed by atoms with Gasteiger partial charge in [-0.25, -0.2) is 0 Å². The number of rotatable bonds is 10. The number of anilines is 2. The quantitative estimate of drug-likeness (QED) is 0.178. The predicted molar refractivity (Wildman–Crippen MR) is 181 cm³/mol. The molecule has 1 unspecified atom stereocenters. The van der Waals surface area contributed by atoms with E-state index in [-0.39, 0.29) is 18.3 Å². The molecule has 1 aliphatic heterocycles. The molecular weight excluding hydrogens is 627 g/mol. The third-order valence-electron chi connectivity index (χ3n) is 8.57. The summed E-state index contributed by atoms with van der Waals surface area (Å²) in [5.74, 6) is -0.914. The summed E-state index contributed by atoms with van der Waals surface area (Å²) in [7, 11) is 0. The Morgan fingerprint density at radius 2 is 1.60 bits per heavy atom. The van der Waals surface area contributed by atoms with E-state index in [9.17, 15) is 22.8 Å². The maximum Gasteiger partial charge on any atom is 0.405 e. The van der Waals surface area contributed by atoms with E-state index in [1.165, 1.54) is 0 Å². The fourth-order valence-corrected chi connectivity index (χ4v) is 6.56. The molecule has 1 heterocycles. The van der Waals surface area contributed by atoms with E-state index < -0.39 is 24.5 Å². The van der Waals surface area contributed by atoms with Gasteiger partial charge in [0.2, 0.25) is 5.91 Å². The molecule has 4 aromatic carbocycles. The zero-order valence-electron chi connectivity index (χ0n) is 26.0. The van der Waals surface area contributed by atoms with Gasteiger partial charge in [-0.1, -0.05) is 67.9 Å². The first-order valence-electron chi connectivity index (χ1n) is 15.8. The first-order chi connectivity index (χ1) is 22.2. The van der Waals surface area contributed by atoms with Crippen molar-refractivity contribution in [2.45, 2.75) is 51.1 Å². The van der Waals surface area contributed by atoms with Crippen LogP contribution in [0.15, 0.2) is 84.9 Å². The van der Waals surface area contributed by atoms with E-state index in [1.807, 2.05) is 60.7 Å². The molecule has 0 spiro atoms. The second-order valence-corrected chi connectivity index (χ2v) is 11.7. The third kappa shape index (κ3) is 7.25. The van der Waals surface area contributed by atoms with Gasteiger partial charge < -0.3 is 20.3 Å². The number of benzene rings is 4. The van der Waals surface area contributed by atoms with E-state index in [1.54, 1.807) is 24.3 Å². The molecule has 0 aromatic heterocycles. The van der Waals surface area contributed by atoms with Crippen LogP contribution in [-0.2, 0) is 11.2 Å². The van der Waals surface area contributed by atoms with E-state index in [0.29, 0.717) is 34.7 Å². The van der Waals surface area contributed by atoms with Crippen LogP contribution in [-0.4, -0.2) is 37.6 Å². The number of ether oxygens (including phenoxy) is 1. The fraction of sp³-hybridized carbons (Fsp3) is 0.297. The highest BCUT2D eigenvalue weighted by Crippen LogP contribution is 2.52. The molecule has 2 amide bonds. The zero-order chi connectivity index (χ0) is 32.3. The van der Waals surface area contributed by atoms with Gasteiger partial charge >= 0.3 is 6.18 Å². The van der Waals surface area contributed by atoms with Crippen molar-refractivity contribution in [3.63, 3.8) is 0 Å². The van der Waals surface area contributed by atoms with E-state index in [4.69, 9.17) is 4.74 Å². The Morgan fingerprint density at radius 3 is 2.32 bits per heavy atom. The van der Waals surface area contributed by atoms with Crippen LogP contribution in [0.3, 0.4) is 0 Å². The molecule has 0 radical (unpaired) electrons. The fourth-order valence-electron chi connectivity index (χ4n) is 6.56. The SMILES string of the molecule is CCCCc1c2c(cc(NC(=O)c3ccccc3Oc3ccccc3)c1N1CCCC1)-c1ccccc1C2C(=O)NCC(F)(F)F.Cl. The van der Waals surface area contributed by atoms with Crippen molar-refractivity contribution < 1.29 is 27.5 Å². The van der Waals surface area contributed by atoms with Gasteiger partial charge in [0.25, 0.3) is 5.91 Å². The second-order valence-electron chi connectivity index (χ2n) is 11.7. The first kappa shape index (κ1) is 33.9. The molecule has 6 nitrogen and oxygen atoms in total. The highest BCUT2D eigenvalue weighted by Gasteiger charge is 2.40. The van der Waals surface area contributed by atoms with Crippen LogP contribution in [0.2, 0.25) is 0 Å². The molecule has 4 aromatic rings. The smallest absolute Gasteiger partial charge is 0.405 e. The number of hydrogen-bond donors (Lipinski definition) is 2. The maximum atomic E-state index is 14.0. The van der Waals surface area contributed by atoms with Crippen molar-refractivity contribution in [2.24, 2.45) is 0 Å². The third-order valence-corrected chi connectivity index (χ3v) is 8.57. The van der Waals surface area contributed by atoms with Gasteiger partial charge in [-0.3, -0.25) is 9.59 Å². The topological polar surface area (TPSA) is 70.7 Å². The molecule has 1 aliphatic carbocycles. The highest BCUT2D eigenvalue weighted by atomic mass is 35.5. The van der Waals surface area contributed by atoms with Gasteiger partial charge in [-0.15, -0.1) is 12.4 Å².